The smallest absolute Gasteiger partial charge is 0.258 e. The fraction of sp³-hybridized carbons (Fsp3) is 0.387. The van der Waals surface area contributed by atoms with Crippen molar-refractivity contribution in [2.45, 2.75) is 44.6 Å². The second-order valence-electron chi connectivity index (χ2n) is 10.9. The van der Waals surface area contributed by atoms with Crippen molar-refractivity contribution < 1.29 is 9.59 Å². The molecule has 1 saturated carbocycles. The van der Waals surface area contributed by atoms with Crippen LogP contribution in [0, 0.1) is 5.92 Å². The minimum Gasteiger partial charge on any atom is -0.360 e. The predicted octanol–water partition coefficient (Wildman–Crippen LogP) is 5.79. The van der Waals surface area contributed by atoms with Gasteiger partial charge in [-0.15, -0.1) is 0 Å². The molecule has 8 heteroatoms. The maximum Gasteiger partial charge on any atom is 0.258 e. The lowest BCUT2D eigenvalue weighted by Gasteiger charge is -2.36. The summed E-state index contributed by atoms with van der Waals surface area (Å²) in [7, 11) is 0. The SMILES string of the molecule is O=C(CN(C(=O)c1ccc2c(Cl)c[nH]c2c1)c1ccnc2ccccc12)NCC1CCN(C2CCCC2)CC1. The van der Waals surface area contributed by atoms with Crippen molar-refractivity contribution in [2.24, 2.45) is 5.92 Å². The van der Waals surface area contributed by atoms with Gasteiger partial charge in [-0.05, 0) is 69.0 Å². The number of hydrogen-bond acceptors (Lipinski definition) is 4. The average molecular weight is 544 g/mol. The van der Waals surface area contributed by atoms with Gasteiger partial charge in [-0.3, -0.25) is 19.5 Å². The molecule has 0 bridgehead atoms. The number of pyridine rings is 1. The largest absolute Gasteiger partial charge is 0.360 e. The molecule has 202 valence electrons. The summed E-state index contributed by atoms with van der Waals surface area (Å²) in [6.07, 6.45) is 11.0. The molecule has 6 rings (SSSR count). The molecule has 7 nitrogen and oxygen atoms in total. The summed E-state index contributed by atoms with van der Waals surface area (Å²) in [5.74, 6) is 0.0583. The number of carbonyl (C=O) groups is 2. The number of aromatic amines is 1. The van der Waals surface area contributed by atoms with Gasteiger partial charge in [-0.1, -0.05) is 48.7 Å². The van der Waals surface area contributed by atoms with Crippen LogP contribution in [-0.2, 0) is 4.79 Å². The van der Waals surface area contributed by atoms with Gasteiger partial charge in [0.2, 0.25) is 5.91 Å². The van der Waals surface area contributed by atoms with Crippen molar-refractivity contribution in [2.75, 3.05) is 31.1 Å². The Morgan fingerprint density at radius 3 is 2.64 bits per heavy atom. The Morgan fingerprint density at radius 2 is 1.82 bits per heavy atom. The monoisotopic (exact) mass is 543 g/mol. The predicted molar refractivity (Wildman–Crippen MR) is 156 cm³/mol. The van der Waals surface area contributed by atoms with Crippen molar-refractivity contribution in [1.82, 2.24) is 20.2 Å². The maximum absolute atomic E-state index is 13.9. The molecule has 2 aliphatic rings. The number of likely N-dealkylation sites (tertiary alicyclic amines) is 1. The number of hydrogen-bond donors (Lipinski definition) is 2. The molecule has 0 spiro atoms. The molecule has 2 aromatic heterocycles. The summed E-state index contributed by atoms with van der Waals surface area (Å²) in [6.45, 7) is 2.80. The molecule has 1 aliphatic heterocycles. The Bertz CT molecular complexity index is 1480. The summed E-state index contributed by atoms with van der Waals surface area (Å²) >= 11 is 6.25. The number of amides is 2. The fourth-order valence-electron chi connectivity index (χ4n) is 6.21. The Hall–Kier alpha value is -3.42. The zero-order chi connectivity index (χ0) is 26.8. The van der Waals surface area contributed by atoms with E-state index in [4.69, 9.17) is 11.6 Å². The number of fused-ring (bicyclic) bond motifs is 2. The molecule has 0 unspecified atom stereocenters. The van der Waals surface area contributed by atoms with Crippen molar-refractivity contribution in [3.63, 3.8) is 0 Å². The third-order valence-electron chi connectivity index (χ3n) is 8.42. The van der Waals surface area contributed by atoms with E-state index in [-0.39, 0.29) is 18.4 Å². The summed E-state index contributed by atoms with van der Waals surface area (Å²) in [6, 6.07) is 15.6. The zero-order valence-electron chi connectivity index (χ0n) is 22.0. The lowest BCUT2D eigenvalue weighted by atomic mass is 9.95. The molecular formula is C31H34ClN5O2. The molecule has 2 aromatic carbocycles. The lowest BCUT2D eigenvalue weighted by molar-refractivity contribution is -0.120. The molecule has 4 aromatic rings. The molecular weight excluding hydrogens is 510 g/mol. The summed E-state index contributed by atoms with van der Waals surface area (Å²) in [5, 5.41) is 5.42. The van der Waals surface area contributed by atoms with Gasteiger partial charge in [0.05, 0.1) is 16.2 Å². The normalized spacial score (nSPS) is 17.2. The molecule has 0 radical (unpaired) electrons. The van der Waals surface area contributed by atoms with Crippen molar-refractivity contribution in [3.05, 3.63) is 71.5 Å². The first-order valence-electron chi connectivity index (χ1n) is 14.0. The van der Waals surface area contributed by atoms with Gasteiger partial charge >= 0.3 is 0 Å². The number of carbonyl (C=O) groups excluding carboxylic acids is 2. The van der Waals surface area contributed by atoms with E-state index in [2.05, 4.69) is 20.2 Å². The van der Waals surface area contributed by atoms with E-state index in [1.807, 2.05) is 30.3 Å². The summed E-state index contributed by atoms with van der Waals surface area (Å²) in [4.78, 5) is 39.0. The Kier molecular flexibility index (Phi) is 7.53. The highest BCUT2D eigenvalue weighted by atomic mass is 35.5. The van der Waals surface area contributed by atoms with Crippen LogP contribution in [0.1, 0.15) is 48.9 Å². The van der Waals surface area contributed by atoms with Crippen LogP contribution in [0.5, 0.6) is 0 Å². The van der Waals surface area contributed by atoms with Gasteiger partial charge in [0, 0.05) is 46.8 Å². The van der Waals surface area contributed by atoms with Crippen LogP contribution in [0.25, 0.3) is 21.8 Å². The molecule has 1 saturated heterocycles. The van der Waals surface area contributed by atoms with E-state index >= 15 is 0 Å². The minimum absolute atomic E-state index is 0.0721. The van der Waals surface area contributed by atoms with E-state index < -0.39 is 0 Å². The molecule has 3 heterocycles. The Labute approximate surface area is 233 Å². The van der Waals surface area contributed by atoms with Crippen LogP contribution in [0.15, 0.2) is 60.9 Å². The van der Waals surface area contributed by atoms with Crippen LogP contribution in [0.4, 0.5) is 5.69 Å². The van der Waals surface area contributed by atoms with Crippen LogP contribution in [-0.4, -0.2) is 58.9 Å². The number of nitrogens with one attached hydrogen (secondary N) is 2. The second kappa shape index (κ2) is 11.4. The molecule has 2 fully saturated rings. The number of anilines is 1. The first-order valence-corrected chi connectivity index (χ1v) is 14.4. The van der Waals surface area contributed by atoms with Gasteiger partial charge in [0.1, 0.15) is 6.54 Å². The topological polar surface area (TPSA) is 81.3 Å². The quantitative estimate of drug-likeness (QED) is 0.309. The number of aromatic nitrogens is 2. The fourth-order valence-corrected chi connectivity index (χ4v) is 6.43. The van der Waals surface area contributed by atoms with Crippen molar-refractivity contribution in [1.29, 1.82) is 0 Å². The van der Waals surface area contributed by atoms with Crippen molar-refractivity contribution >= 4 is 50.9 Å². The number of para-hydroxylation sites is 1. The average Bonchev–Trinajstić information content (AvgIpc) is 3.65. The third kappa shape index (κ3) is 5.52. The van der Waals surface area contributed by atoms with Crippen LogP contribution in [0.3, 0.4) is 0 Å². The first kappa shape index (κ1) is 25.8. The lowest BCUT2D eigenvalue weighted by Crippen LogP contribution is -2.45. The summed E-state index contributed by atoms with van der Waals surface area (Å²) < 4.78 is 0. The highest BCUT2D eigenvalue weighted by Crippen LogP contribution is 2.30. The van der Waals surface area contributed by atoms with E-state index in [1.54, 1.807) is 35.5 Å². The first-order chi connectivity index (χ1) is 19.1. The second-order valence-corrected chi connectivity index (χ2v) is 11.3. The van der Waals surface area contributed by atoms with Crippen molar-refractivity contribution in [3.8, 4) is 0 Å². The Balaban J connectivity index is 1.18. The number of H-pyrrole nitrogens is 1. The third-order valence-corrected chi connectivity index (χ3v) is 8.73. The van der Waals surface area contributed by atoms with Crippen LogP contribution < -0.4 is 10.2 Å². The molecule has 1 aliphatic carbocycles. The number of benzene rings is 2. The highest BCUT2D eigenvalue weighted by Gasteiger charge is 2.28. The van der Waals surface area contributed by atoms with E-state index in [0.717, 1.165) is 53.8 Å². The maximum atomic E-state index is 13.9. The molecule has 0 atom stereocenters. The van der Waals surface area contributed by atoms with Gasteiger partial charge < -0.3 is 15.2 Å². The van der Waals surface area contributed by atoms with Gasteiger partial charge in [0.15, 0.2) is 0 Å². The number of piperidine rings is 1. The van der Waals surface area contributed by atoms with E-state index in [9.17, 15) is 9.59 Å². The number of halogens is 1. The van der Waals surface area contributed by atoms with Gasteiger partial charge in [-0.25, -0.2) is 0 Å². The van der Waals surface area contributed by atoms with Crippen LogP contribution >= 0.6 is 11.6 Å². The Morgan fingerprint density at radius 1 is 1.03 bits per heavy atom. The van der Waals surface area contributed by atoms with Gasteiger partial charge in [0.25, 0.3) is 5.91 Å². The molecule has 2 amide bonds. The molecule has 39 heavy (non-hydrogen) atoms. The van der Waals surface area contributed by atoms with Gasteiger partial charge in [-0.2, -0.15) is 0 Å². The van der Waals surface area contributed by atoms with E-state index in [0.29, 0.717) is 28.7 Å². The standard InChI is InChI=1S/C31H34ClN5O2/c32-26-19-34-28-17-22(9-10-24(26)28)31(39)37(29-11-14-33-27-8-4-3-7-25(27)29)20-30(38)35-18-21-12-15-36(16-13-21)23-5-1-2-6-23/h3-4,7-11,14,17,19,21,23,34H,1-2,5-6,12-13,15-16,18,20H2,(H,35,38). The summed E-state index contributed by atoms with van der Waals surface area (Å²) in [5.41, 5.74) is 2.69. The molecule has 2 N–H and O–H groups in total. The van der Waals surface area contributed by atoms with E-state index in [1.165, 1.54) is 25.7 Å². The number of rotatable bonds is 7. The number of nitrogens with zero attached hydrogens (tertiary/aromatic N) is 3. The van der Waals surface area contributed by atoms with Crippen LogP contribution in [0.2, 0.25) is 5.02 Å². The zero-order valence-corrected chi connectivity index (χ0v) is 22.8. The highest BCUT2D eigenvalue weighted by molar-refractivity contribution is 6.35. The minimum atomic E-state index is -0.251.